The largest absolute Gasteiger partial charge is 0.377 e. The summed E-state index contributed by atoms with van der Waals surface area (Å²) in [6.07, 6.45) is -0.611. The summed E-state index contributed by atoms with van der Waals surface area (Å²) in [5.41, 5.74) is -1.03. The molecule has 0 aromatic heterocycles. The molecule has 0 aliphatic heterocycles. The number of carbonyl (C=O) groups excluding carboxylic acids is 2. The first-order chi connectivity index (χ1) is 11.7. The molecule has 2 unspecified atom stereocenters. The van der Waals surface area contributed by atoms with Gasteiger partial charge in [0.05, 0.1) is 32.0 Å². The third kappa shape index (κ3) is 11.1. The maximum absolute atomic E-state index is 14.3. The third-order valence-corrected chi connectivity index (χ3v) is 3.82. The predicted octanol–water partition coefficient (Wildman–Crippen LogP) is 1.06. The fourth-order valence-corrected chi connectivity index (χ4v) is 1.80. The smallest absolute Gasteiger partial charge is 0.246 e. The highest BCUT2D eigenvalue weighted by Crippen LogP contribution is 2.17. The van der Waals surface area contributed by atoms with Crippen LogP contribution in [0.2, 0.25) is 0 Å². The lowest BCUT2D eigenvalue weighted by Crippen LogP contribution is -2.45. The first-order valence-corrected chi connectivity index (χ1v) is 8.63. The van der Waals surface area contributed by atoms with E-state index >= 15 is 0 Å². The first-order valence-electron chi connectivity index (χ1n) is 8.63. The van der Waals surface area contributed by atoms with Crippen LogP contribution in [0.25, 0.3) is 0 Å². The topological polar surface area (TPSA) is 85.9 Å². The Bertz CT molecular complexity index is 393. The molecule has 25 heavy (non-hydrogen) atoms. The Hall–Kier alpha value is -1.25. The van der Waals surface area contributed by atoms with Crippen LogP contribution in [0.15, 0.2) is 0 Å². The van der Waals surface area contributed by atoms with Crippen LogP contribution in [0, 0.1) is 5.92 Å². The number of alkyl halides is 1. The Balaban J connectivity index is 3.84. The van der Waals surface area contributed by atoms with Crippen molar-refractivity contribution >= 4 is 11.8 Å². The van der Waals surface area contributed by atoms with E-state index in [1.54, 1.807) is 20.8 Å². The second kappa shape index (κ2) is 13.0. The van der Waals surface area contributed by atoms with Crippen LogP contribution in [0.4, 0.5) is 4.39 Å². The number of hydrogen-bond donors (Lipinski definition) is 2. The van der Waals surface area contributed by atoms with Crippen molar-refractivity contribution < 1.29 is 28.2 Å². The molecule has 0 spiro atoms. The Morgan fingerprint density at radius 2 is 1.84 bits per heavy atom. The van der Waals surface area contributed by atoms with Crippen LogP contribution < -0.4 is 10.6 Å². The lowest BCUT2D eigenvalue weighted by molar-refractivity contribution is -0.126. The van der Waals surface area contributed by atoms with E-state index in [0.29, 0.717) is 19.6 Å². The van der Waals surface area contributed by atoms with Gasteiger partial charge < -0.3 is 24.8 Å². The molecule has 0 aromatic carbocycles. The molecule has 2 atom stereocenters. The van der Waals surface area contributed by atoms with Gasteiger partial charge in [-0.15, -0.1) is 0 Å². The van der Waals surface area contributed by atoms with Gasteiger partial charge in [0.15, 0.2) is 0 Å². The molecule has 7 nitrogen and oxygen atoms in total. The van der Waals surface area contributed by atoms with Crippen LogP contribution in [0.5, 0.6) is 0 Å². The van der Waals surface area contributed by atoms with Gasteiger partial charge in [0, 0.05) is 19.6 Å². The SMILES string of the molecule is CCC(C)C(=O)NCC(F)C(C)(C)OCCOCCNC(=O)COC. The fraction of sp³-hybridized carbons (Fsp3) is 0.882. The number of methoxy groups -OCH3 is 1. The van der Waals surface area contributed by atoms with E-state index in [-0.39, 0.29) is 44.1 Å². The molecule has 0 saturated carbocycles. The van der Waals surface area contributed by atoms with Crippen LogP contribution >= 0.6 is 0 Å². The van der Waals surface area contributed by atoms with Gasteiger partial charge in [-0.3, -0.25) is 9.59 Å². The predicted molar refractivity (Wildman–Crippen MR) is 93.1 cm³/mol. The van der Waals surface area contributed by atoms with Gasteiger partial charge in [-0.1, -0.05) is 13.8 Å². The summed E-state index contributed by atoms with van der Waals surface area (Å²) < 4.78 is 29.8. The van der Waals surface area contributed by atoms with E-state index in [1.807, 2.05) is 6.92 Å². The fourth-order valence-electron chi connectivity index (χ4n) is 1.80. The molecule has 2 amide bonds. The summed E-state index contributed by atoms with van der Waals surface area (Å²) in [5.74, 6) is -0.489. The number of ether oxygens (including phenoxy) is 3. The minimum atomic E-state index is -1.33. The molecule has 0 aliphatic carbocycles. The van der Waals surface area contributed by atoms with Crippen molar-refractivity contribution in [3.05, 3.63) is 0 Å². The molecule has 0 fully saturated rings. The molecule has 0 bridgehead atoms. The van der Waals surface area contributed by atoms with E-state index in [9.17, 15) is 14.0 Å². The molecular formula is C17H33FN2O5. The molecule has 2 N–H and O–H groups in total. The normalized spacial score (nSPS) is 14.0. The van der Waals surface area contributed by atoms with Crippen molar-refractivity contribution in [2.75, 3.05) is 46.6 Å². The average Bonchev–Trinajstić information content (AvgIpc) is 2.57. The van der Waals surface area contributed by atoms with Crippen molar-refractivity contribution in [3.63, 3.8) is 0 Å². The number of carbonyl (C=O) groups is 2. The quantitative estimate of drug-likeness (QED) is 0.450. The van der Waals surface area contributed by atoms with Gasteiger partial charge in [-0.25, -0.2) is 4.39 Å². The molecule has 0 aromatic rings. The van der Waals surface area contributed by atoms with Gasteiger partial charge in [0.25, 0.3) is 0 Å². The molecule has 0 radical (unpaired) electrons. The summed E-state index contributed by atoms with van der Waals surface area (Å²) in [7, 11) is 1.45. The van der Waals surface area contributed by atoms with Crippen LogP contribution in [-0.4, -0.2) is 70.2 Å². The van der Waals surface area contributed by atoms with Crippen molar-refractivity contribution in [3.8, 4) is 0 Å². The van der Waals surface area contributed by atoms with E-state index in [4.69, 9.17) is 9.47 Å². The van der Waals surface area contributed by atoms with Gasteiger partial charge in [0.1, 0.15) is 12.8 Å². The molecule has 0 heterocycles. The minimum Gasteiger partial charge on any atom is -0.377 e. The Morgan fingerprint density at radius 3 is 2.44 bits per heavy atom. The van der Waals surface area contributed by atoms with Gasteiger partial charge in [-0.2, -0.15) is 0 Å². The molecule has 148 valence electrons. The van der Waals surface area contributed by atoms with Crippen molar-refractivity contribution in [1.82, 2.24) is 10.6 Å². The highest BCUT2D eigenvalue weighted by molar-refractivity contribution is 5.78. The number of halogens is 1. The zero-order valence-corrected chi connectivity index (χ0v) is 16.0. The van der Waals surface area contributed by atoms with Crippen LogP contribution in [0.1, 0.15) is 34.1 Å². The first kappa shape index (κ1) is 23.8. The number of hydrogen-bond acceptors (Lipinski definition) is 5. The zero-order valence-electron chi connectivity index (χ0n) is 16.0. The Labute approximate surface area is 150 Å². The van der Waals surface area contributed by atoms with Crippen molar-refractivity contribution in [2.45, 2.75) is 45.9 Å². The minimum absolute atomic E-state index is 0.0166. The van der Waals surface area contributed by atoms with Gasteiger partial charge in [0.2, 0.25) is 11.8 Å². The van der Waals surface area contributed by atoms with Crippen LogP contribution in [0.3, 0.4) is 0 Å². The van der Waals surface area contributed by atoms with Crippen molar-refractivity contribution in [2.24, 2.45) is 5.92 Å². The van der Waals surface area contributed by atoms with Gasteiger partial charge in [-0.05, 0) is 20.3 Å². The standard InChI is InChI=1S/C17H33FN2O5/c1-6-13(2)16(22)20-11-14(18)17(3,4)25-10-9-24-8-7-19-15(21)12-23-5/h13-14H,6-12H2,1-5H3,(H,19,21)(H,20,22). The monoisotopic (exact) mass is 364 g/mol. The highest BCUT2D eigenvalue weighted by atomic mass is 19.1. The van der Waals surface area contributed by atoms with E-state index in [2.05, 4.69) is 15.4 Å². The molecule has 0 rings (SSSR count). The maximum Gasteiger partial charge on any atom is 0.246 e. The summed E-state index contributed by atoms with van der Waals surface area (Å²) >= 11 is 0. The summed E-state index contributed by atoms with van der Waals surface area (Å²) in [6, 6.07) is 0. The summed E-state index contributed by atoms with van der Waals surface area (Å²) in [5, 5.41) is 5.22. The van der Waals surface area contributed by atoms with Gasteiger partial charge >= 0.3 is 0 Å². The van der Waals surface area contributed by atoms with Crippen LogP contribution in [-0.2, 0) is 23.8 Å². The second-order valence-electron chi connectivity index (χ2n) is 6.37. The summed E-state index contributed by atoms with van der Waals surface area (Å²) in [4.78, 5) is 22.8. The summed E-state index contributed by atoms with van der Waals surface area (Å²) in [6.45, 7) is 8.14. The van der Waals surface area contributed by atoms with E-state index < -0.39 is 11.8 Å². The lowest BCUT2D eigenvalue weighted by Gasteiger charge is -2.29. The number of nitrogens with one attached hydrogen (secondary N) is 2. The molecular weight excluding hydrogens is 331 g/mol. The van der Waals surface area contributed by atoms with Crippen molar-refractivity contribution in [1.29, 1.82) is 0 Å². The highest BCUT2D eigenvalue weighted by Gasteiger charge is 2.31. The van der Waals surface area contributed by atoms with E-state index in [1.165, 1.54) is 7.11 Å². The zero-order chi connectivity index (χ0) is 19.3. The number of amides is 2. The van der Waals surface area contributed by atoms with E-state index in [0.717, 1.165) is 0 Å². The molecule has 0 aliphatic rings. The Morgan fingerprint density at radius 1 is 1.16 bits per heavy atom. The molecule has 8 heteroatoms. The maximum atomic E-state index is 14.3. The average molecular weight is 364 g/mol. The lowest BCUT2D eigenvalue weighted by atomic mass is 10.0. The second-order valence-corrected chi connectivity index (χ2v) is 6.37. The third-order valence-electron chi connectivity index (χ3n) is 3.82. The number of rotatable bonds is 14. The molecule has 0 saturated heterocycles. The Kier molecular flexibility index (Phi) is 12.4.